The number of amides is 1. The van der Waals surface area contributed by atoms with Crippen molar-refractivity contribution in [3.05, 3.63) is 60.2 Å². The van der Waals surface area contributed by atoms with E-state index in [1.54, 1.807) is 12.1 Å². The van der Waals surface area contributed by atoms with Crippen LogP contribution in [0.2, 0.25) is 0 Å². The lowest BCUT2D eigenvalue weighted by Crippen LogP contribution is -2.30. The molecular weight excluding hydrogens is 260 g/mol. The number of nitrogens with one attached hydrogen (secondary N) is 1. The zero-order valence-electron chi connectivity index (χ0n) is 12.8. The standard InChI is InChI=1S/C18H22N2O/c1-4-20(14(2)3)17-12-10-16(11-13-17)19-18(21)15-8-6-5-7-9-15/h5-14H,4H2,1-3H3,(H,19,21). The summed E-state index contributed by atoms with van der Waals surface area (Å²) in [7, 11) is 0. The van der Waals surface area contributed by atoms with Crippen molar-refractivity contribution in [1.82, 2.24) is 0 Å². The van der Waals surface area contributed by atoms with E-state index < -0.39 is 0 Å². The van der Waals surface area contributed by atoms with E-state index in [0.717, 1.165) is 12.2 Å². The van der Waals surface area contributed by atoms with Crippen LogP contribution in [0.1, 0.15) is 31.1 Å². The zero-order chi connectivity index (χ0) is 15.2. The van der Waals surface area contributed by atoms with Gasteiger partial charge in [-0.3, -0.25) is 4.79 Å². The number of rotatable bonds is 5. The first-order chi connectivity index (χ1) is 10.1. The van der Waals surface area contributed by atoms with Crippen LogP contribution >= 0.6 is 0 Å². The summed E-state index contributed by atoms with van der Waals surface area (Å²) in [5.41, 5.74) is 2.65. The number of nitrogens with zero attached hydrogens (tertiary/aromatic N) is 1. The predicted molar refractivity (Wildman–Crippen MR) is 89.0 cm³/mol. The van der Waals surface area contributed by atoms with Crippen molar-refractivity contribution in [2.45, 2.75) is 26.8 Å². The van der Waals surface area contributed by atoms with Crippen molar-refractivity contribution < 1.29 is 4.79 Å². The molecule has 0 aliphatic rings. The van der Waals surface area contributed by atoms with Crippen molar-refractivity contribution in [2.75, 3.05) is 16.8 Å². The Morgan fingerprint density at radius 1 is 1.05 bits per heavy atom. The molecule has 0 atom stereocenters. The molecule has 0 aliphatic carbocycles. The van der Waals surface area contributed by atoms with Crippen LogP contribution in [-0.4, -0.2) is 18.5 Å². The first-order valence-electron chi connectivity index (χ1n) is 7.35. The maximum Gasteiger partial charge on any atom is 0.255 e. The molecule has 0 aromatic heterocycles. The van der Waals surface area contributed by atoms with Crippen LogP contribution in [-0.2, 0) is 0 Å². The highest BCUT2D eigenvalue weighted by Gasteiger charge is 2.09. The van der Waals surface area contributed by atoms with Gasteiger partial charge in [-0.05, 0) is 57.2 Å². The number of hydrogen-bond acceptors (Lipinski definition) is 2. The minimum Gasteiger partial charge on any atom is -0.369 e. The molecule has 110 valence electrons. The minimum absolute atomic E-state index is 0.0837. The molecule has 3 nitrogen and oxygen atoms in total. The molecule has 1 amide bonds. The van der Waals surface area contributed by atoms with Gasteiger partial charge in [-0.2, -0.15) is 0 Å². The summed E-state index contributed by atoms with van der Waals surface area (Å²) < 4.78 is 0. The summed E-state index contributed by atoms with van der Waals surface area (Å²) in [5.74, 6) is -0.0837. The van der Waals surface area contributed by atoms with Gasteiger partial charge < -0.3 is 10.2 Å². The van der Waals surface area contributed by atoms with Crippen LogP contribution < -0.4 is 10.2 Å². The smallest absolute Gasteiger partial charge is 0.255 e. The van der Waals surface area contributed by atoms with E-state index in [4.69, 9.17) is 0 Å². The van der Waals surface area contributed by atoms with Crippen LogP contribution in [0.25, 0.3) is 0 Å². The molecule has 2 rings (SSSR count). The van der Waals surface area contributed by atoms with Crippen LogP contribution in [0.3, 0.4) is 0 Å². The van der Waals surface area contributed by atoms with E-state index in [1.807, 2.05) is 42.5 Å². The number of carbonyl (C=O) groups excluding carboxylic acids is 1. The van der Waals surface area contributed by atoms with Crippen molar-refractivity contribution in [3.63, 3.8) is 0 Å². The lowest BCUT2D eigenvalue weighted by Gasteiger charge is -2.27. The fraction of sp³-hybridized carbons (Fsp3) is 0.278. The largest absolute Gasteiger partial charge is 0.369 e. The molecule has 0 fully saturated rings. The third kappa shape index (κ3) is 3.85. The highest BCUT2D eigenvalue weighted by atomic mass is 16.1. The van der Waals surface area contributed by atoms with Gasteiger partial charge in [0.05, 0.1) is 0 Å². The lowest BCUT2D eigenvalue weighted by atomic mass is 10.2. The second-order valence-corrected chi connectivity index (χ2v) is 5.25. The molecule has 2 aromatic rings. The van der Waals surface area contributed by atoms with Gasteiger partial charge in [-0.1, -0.05) is 18.2 Å². The van der Waals surface area contributed by atoms with E-state index >= 15 is 0 Å². The Morgan fingerprint density at radius 3 is 2.19 bits per heavy atom. The zero-order valence-corrected chi connectivity index (χ0v) is 12.8. The Balaban J connectivity index is 2.08. The Morgan fingerprint density at radius 2 is 1.67 bits per heavy atom. The van der Waals surface area contributed by atoms with Crippen molar-refractivity contribution in [1.29, 1.82) is 0 Å². The Hall–Kier alpha value is -2.29. The van der Waals surface area contributed by atoms with Crippen LogP contribution in [0.4, 0.5) is 11.4 Å². The first kappa shape index (κ1) is 15.1. The van der Waals surface area contributed by atoms with Gasteiger partial charge >= 0.3 is 0 Å². The second-order valence-electron chi connectivity index (χ2n) is 5.25. The summed E-state index contributed by atoms with van der Waals surface area (Å²) in [6.45, 7) is 7.46. The SMILES string of the molecule is CCN(c1ccc(NC(=O)c2ccccc2)cc1)C(C)C. The fourth-order valence-electron chi connectivity index (χ4n) is 2.37. The molecular formula is C18H22N2O. The molecule has 0 aliphatic heterocycles. The van der Waals surface area contributed by atoms with Crippen LogP contribution in [0.15, 0.2) is 54.6 Å². The second kappa shape index (κ2) is 6.93. The molecule has 0 heterocycles. The highest BCUT2D eigenvalue weighted by molar-refractivity contribution is 6.04. The van der Waals surface area contributed by atoms with E-state index in [-0.39, 0.29) is 5.91 Å². The maximum absolute atomic E-state index is 12.1. The molecule has 0 saturated heterocycles. The highest BCUT2D eigenvalue weighted by Crippen LogP contribution is 2.20. The van der Waals surface area contributed by atoms with Crippen LogP contribution in [0.5, 0.6) is 0 Å². The molecule has 3 heteroatoms. The van der Waals surface area contributed by atoms with E-state index in [1.165, 1.54) is 5.69 Å². The summed E-state index contributed by atoms with van der Waals surface area (Å²) in [4.78, 5) is 14.4. The Labute approximate surface area is 126 Å². The maximum atomic E-state index is 12.1. The monoisotopic (exact) mass is 282 g/mol. The molecule has 0 bridgehead atoms. The first-order valence-corrected chi connectivity index (χ1v) is 7.35. The lowest BCUT2D eigenvalue weighted by molar-refractivity contribution is 0.102. The van der Waals surface area contributed by atoms with E-state index in [0.29, 0.717) is 11.6 Å². The van der Waals surface area contributed by atoms with Gasteiger partial charge in [0.1, 0.15) is 0 Å². The van der Waals surface area contributed by atoms with Gasteiger partial charge in [0.15, 0.2) is 0 Å². The normalized spacial score (nSPS) is 10.5. The van der Waals surface area contributed by atoms with Crippen molar-refractivity contribution in [3.8, 4) is 0 Å². The van der Waals surface area contributed by atoms with Gasteiger partial charge in [0, 0.05) is 29.5 Å². The summed E-state index contributed by atoms with van der Waals surface area (Å²) in [6.07, 6.45) is 0. The molecule has 0 unspecified atom stereocenters. The number of anilines is 2. The predicted octanol–water partition coefficient (Wildman–Crippen LogP) is 4.17. The van der Waals surface area contributed by atoms with Gasteiger partial charge in [0.2, 0.25) is 0 Å². The van der Waals surface area contributed by atoms with Crippen LogP contribution in [0, 0.1) is 0 Å². The summed E-state index contributed by atoms with van der Waals surface area (Å²) in [5, 5.41) is 2.91. The minimum atomic E-state index is -0.0837. The van der Waals surface area contributed by atoms with E-state index in [2.05, 4.69) is 31.0 Å². The molecule has 0 spiro atoms. The fourth-order valence-corrected chi connectivity index (χ4v) is 2.37. The average molecular weight is 282 g/mol. The molecule has 2 aromatic carbocycles. The summed E-state index contributed by atoms with van der Waals surface area (Å²) in [6, 6.07) is 17.7. The van der Waals surface area contributed by atoms with E-state index in [9.17, 15) is 4.79 Å². The molecule has 21 heavy (non-hydrogen) atoms. The Kier molecular flexibility index (Phi) is 4.99. The average Bonchev–Trinajstić information content (AvgIpc) is 2.50. The van der Waals surface area contributed by atoms with Gasteiger partial charge in [-0.15, -0.1) is 0 Å². The number of hydrogen-bond donors (Lipinski definition) is 1. The number of benzene rings is 2. The molecule has 1 N–H and O–H groups in total. The van der Waals surface area contributed by atoms with Crippen molar-refractivity contribution >= 4 is 17.3 Å². The third-order valence-corrected chi connectivity index (χ3v) is 3.46. The molecule has 0 saturated carbocycles. The van der Waals surface area contributed by atoms with Crippen molar-refractivity contribution in [2.24, 2.45) is 0 Å². The topological polar surface area (TPSA) is 32.3 Å². The third-order valence-electron chi connectivity index (χ3n) is 3.46. The number of carbonyl (C=O) groups is 1. The molecule has 0 radical (unpaired) electrons. The van der Waals surface area contributed by atoms with Gasteiger partial charge in [0.25, 0.3) is 5.91 Å². The van der Waals surface area contributed by atoms with Gasteiger partial charge in [-0.25, -0.2) is 0 Å². The quantitative estimate of drug-likeness (QED) is 0.892. The Bertz CT molecular complexity index is 576. The summed E-state index contributed by atoms with van der Waals surface area (Å²) >= 11 is 0.